The Labute approximate surface area is 121 Å². The maximum absolute atomic E-state index is 12.0. The molecule has 20 heavy (non-hydrogen) atoms. The molecule has 0 saturated heterocycles. The van der Waals surface area contributed by atoms with Crippen LogP contribution in [0, 0.1) is 0 Å². The summed E-state index contributed by atoms with van der Waals surface area (Å²) in [6, 6.07) is 4.97. The van der Waals surface area contributed by atoms with Gasteiger partial charge >= 0.3 is 13.1 Å². The summed E-state index contributed by atoms with van der Waals surface area (Å²) in [5, 5.41) is 19.1. The number of hydrogen-bond donors (Lipinski definition) is 3. The number of esters is 1. The third-order valence-electron chi connectivity index (χ3n) is 2.62. The van der Waals surface area contributed by atoms with E-state index in [0.29, 0.717) is 10.9 Å². The molecule has 0 radical (unpaired) electrons. The van der Waals surface area contributed by atoms with E-state index < -0.39 is 18.7 Å². The summed E-state index contributed by atoms with van der Waals surface area (Å²) in [6.45, 7) is 5.38. The summed E-state index contributed by atoms with van der Waals surface area (Å²) in [5.41, 5.74) is 5.97. The molecule has 0 amide bonds. The highest BCUT2D eigenvalue weighted by Crippen LogP contribution is 2.28. The minimum atomic E-state index is -1.61. The number of fused-ring (bicyclic) bond motifs is 1. The second-order valence-electron chi connectivity index (χ2n) is 5.47. The van der Waals surface area contributed by atoms with Gasteiger partial charge < -0.3 is 20.5 Å². The standard InChI is InChI=1S/C13H16BNO4S/c1-13(2,3)19-12(16)7-4-5-9-8(6-7)10(15)11(20-9)14(17)18/h4-6,17-18H,15H2,1-3H3. The van der Waals surface area contributed by atoms with Gasteiger partial charge in [-0.05, 0) is 39.0 Å². The molecule has 1 aromatic heterocycles. The van der Waals surface area contributed by atoms with Crippen molar-refractivity contribution >= 4 is 45.0 Å². The summed E-state index contributed by atoms with van der Waals surface area (Å²) in [4.78, 5) is 12.0. The molecule has 0 aliphatic rings. The van der Waals surface area contributed by atoms with Gasteiger partial charge in [0, 0.05) is 15.8 Å². The maximum atomic E-state index is 12.0. The lowest BCUT2D eigenvalue weighted by Crippen LogP contribution is -2.29. The zero-order valence-corrected chi connectivity index (χ0v) is 12.3. The van der Waals surface area contributed by atoms with Crippen molar-refractivity contribution in [3.63, 3.8) is 0 Å². The first kappa shape index (κ1) is 14.8. The molecular weight excluding hydrogens is 277 g/mol. The first-order valence-electron chi connectivity index (χ1n) is 6.10. The number of anilines is 1. The Morgan fingerprint density at radius 1 is 1.35 bits per heavy atom. The molecule has 0 atom stereocenters. The van der Waals surface area contributed by atoms with E-state index in [1.807, 2.05) is 0 Å². The van der Waals surface area contributed by atoms with E-state index in [4.69, 9.17) is 10.5 Å². The van der Waals surface area contributed by atoms with Crippen LogP contribution in [0.2, 0.25) is 0 Å². The van der Waals surface area contributed by atoms with Crippen LogP contribution in [0.3, 0.4) is 0 Å². The smallest absolute Gasteiger partial charge is 0.456 e. The van der Waals surface area contributed by atoms with Gasteiger partial charge in [-0.1, -0.05) is 0 Å². The second-order valence-corrected chi connectivity index (χ2v) is 6.55. The molecule has 0 saturated carbocycles. The van der Waals surface area contributed by atoms with Crippen molar-refractivity contribution in [3.05, 3.63) is 23.8 Å². The van der Waals surface area contributed by atoms with Crippen molar-refractivity contribution in [1.29, 1.82) is 0 Å². The first-order chi connectivity index (χ1) is 9.19. The fraction of sp³-hybridized carbons (Fsp3) is 0.308. The number of benzene rings is 1. The zero-order chi connectivity index (χ0) is 15.1. The molecule has 7 heteroatoms. The van der Waals surface area contributed by atoms with Crippen molar-refractivity contribution in [2.45, 2.75) is 26.4 Å². The van der Waals surface area contributed by atoms with Crippen LogP contribution < -0.4 is 10.5 Å². The molecule has 0 aliphatic heterocycles. The van der Waals surface area contributed by atoms with Crippen LogP contribution in [-0.4, -0.2) is 28.7 Å². The summed E-state index contributed by atoms with van der Waals surface area (Å²) in [7, 11) is -1.61. The fourth-order valence-corrected chi connectivity index (χ4v) is 2.77. The first-order valence-corrected chi connectivity index (χ1v) is 6.92. The van der Waals surface area contributed by atoms with Gasteiger partial charge in [-0.2, -0.15) is 0 Å². The fourth-order valence-electron chi connectivity index (χ4n) is 1.79. The number of carbonyl (C=O) groups excluding carboxylic acids is 1. The number of rotatable bonds is 2. The van der Waals surface area contributed by atoms with Crippen molar-refractivity contribution in [1.82, 2.24) is 0 Å². The highest BCUT2D eigenvalue weighted by atomic mass is 32.1. The van der Waals surface area contributed by atoms with Gasteiger partial charge in [0.15, 0.2) is 0 Å². The van der Waals surface area contributed by atoms with Crippen LogP contribution >= 0.6 is 11.3 Å². The molecule has 2 aromatic rings. The summed E-state index contributed by atoms with van der Waals surface area (Å²) >= 11 is 1.19. The van der Waals surface area contributed by atoms with Crippen molar-refractivity contribution in [2.24, 2.45) is 0 Å². The number of hydrogen-bond acceptors (Lipinski definition) is 6. The van der Waals surface area contributed by atoms with Gasteiger partial charge in [0.25, 0.3) is 0 Å². The minimum Gasteiger partial charge on any atom is -0.456 e. The lowest BCUT2D eigenvalue weighted by atomic mass is 9.87. The number of thiophene rings is 1. The SMILES string of the molecule is CC(C)(C)OC(=O)c1ccc2sc(B(O)O)c(N)c2c1. The van der Waals surface area contributed by atoms with E-state index in [-0.39, 0.29) is 10.5 Å². The van der Waals surface area contributed by atoms with E-state index >= 15 is 0 Å². The molecule has 0 unspecified atom stereocenters. The monoisotopic (exact) mass is 293 g/mol. The lowest BCUT2D eigenvalue weighted by molar-refractivity contribution is 0.00697. The molecule has 2 rings (SSSR count). The van der Waals surface area contributed by atoms with Crippen molar-refractivity contribution in [2.75, 3.05) is 5.73 Å². The van der Waals surface area contributed by atoms with E-state index in [9.17, 15) is 14.8 Å². The summed E-state index contributed by atoms with van der Waals surface area (Å²) in [6.07, 6.45) is 0. The van der Waals surface area contributed by atoms with Crippen LogP contribution in [0.25, 0.3) is 10.1 Å². The van der Waals surface area contributed by atoms with Gasteiger partial charge in [0.1, 0.15) is 5.60 Å². The molecule has 1 heterocycles. The zero-order valence-electron chi connectivity index (χ0n) is 11.5. The Bertz CT molecular complexity index is 660. The molecule has 1 aromatic carbocycles. The number of nitrogens with two attached hydrogens (primary N) is 1. The van der Waals surface area contributed by atoms with Gasteiger partial charge in [-0.3, -0.25) is 0 Å². The third kappa shape index (κ3) is 2.95. The molecular formula is C13H16BNO4S. The number of ether oxygens (including phenoxy) is 1. The maximum Gasteiger partial charge on any atom is 0.501 e. The van der Waals surface area contributed by atoms with Gasteiger partial charge in [0.05, 0.1) is 10.3 Å². The normalized spacial score (nSPS) is 11.7. The average Bonchev–Trinajstić information content (AvgIpc) is 2.64. The Hall–Kier alpha value is -1.57. The minimum absolute atomic E-state index is 0.279. The van der Waals surface area contributed by atoms with Crippen LogP contribution in [-0.2, 0) is 4.74 Å². The van der Waals surface area contributed by atoms with Crippen LogP contribution in [0.1, 0.15) is 31.1 Å². The molecule has 4 N–H and O–H groups in total. The Morgan fingerprint density at radius 2 is 2.00 bits per heavy atom. The predicted octanol–water partition coefficient (Wildman–Crippen LogP) is 1.12. The highest BCUT2D eigenvalue weighted by Gasteiger charge is 2.22. The Morgan fingerprint density at radius 3 is 2.55 bits per heavy atom. The van der Waals surface area contributed by atoms with Gasteiger partial charge in [-0.25, -0.2) is 4.79 Å². The van der Waals surface area contributed by atoms with Crippen molar-refractivity contribution < 1.29 is 19.6 Å². The molecule has 5 nitrogen and oxygen atoms in total. The molecule has 0 aliphatic carbocycles. The van der Waals surface area contributed by atoms with Gasteiger partial charge in [-0.15, -0.1) is 11.3 Å². The Kier molecular flexibility index (Phi) is 3.77. The van der Waals surface area contributed by atoms with Crippen LogP contribution in [0.15, 0.2) is 18.2 Å². The second kappa shape index (κ2) is 5.08. The summed E-state index contributed by atoms with van der Waals surface area (Å²) in [5.74, 6) is -0.434. The molecule has 0 spiro atoms. The average molecular weight is 293 g/mol. The third-order valence-corrected chi connectivity index (χ3v) is 3.85. The largest absolute Gasteiger partial charge is 0.501 e. The topological polar surface area (TPSA) is 92.8 Å². The lowest BCUT2D eigenvalue weighted by Gasteiger charge is -2.19. The number of nitrogen functional groups attached to an aromatic ring is 1. The van der Waals surface area contributed by atoms with Crippen LogP contribution in [0.5, 0.6) is 0 Å². The molecule has 0 fully saturated rings. The van der Waals surface area contributed by atoms with E-state index in [2.05, 4.69) is 0 Å². The quantitative estimate of drug-likeness (QED) is 0.570. The van der Waals surface area contributed by atoms with E-state index in [1.165, 1.54) is 11.3 Å². The Balaban J connectivity index is 2.43. The predicted molar refractivity (Wildman–Crippen MR) is 81.2 cm³/mol. The molecule has 0 bridgehead atoms. The van der Waals surface area contributed by atoms with E-state index in [0.717, 1.165) is 4.70 Å². The number of carbonyl (C=O) groups is 1. The van der Waals surface area contributed by atoms with Crippen molar-refractivity contribution in [3.8, 4) is 0 Å². The van der Waals surface area contributed by atoms with Gasteiger partial charge in [0.2, 0.25) is 0 Å². The molecule has 106 valence electrons. The summed E-state index contributed by atoms with van der Waals surface area (Å²) < 4.78 is 6.36. The highest BCUT2D eigenvalue weighted by molar-refractivity contribution is 7.28. The van der Waals surface area contributed by atoms with E-state index in [1.54, 1.807) is 39.0 Å². The van der Waals surface area contributed by atoms with Crippen LogP contribution in [0.4, 0.5) is 5.69 Å².